The molecular formula is C24H27FN4O3S. The number of aromatic nitrogens is 2. The lowest BCUT2D eigenvalue weighted by molar-refractivity contribution is 0.0794. The van der Waals surface area contributed by atoms with Crippen molar-refractivity contribution in [3.05, 3.63) is 71.3 Å². The molecular weight excluding hydrogens is 443 g/mol. The number of fused-ring (bicyclic) bond motifs is 1. The van der Waals surface area contributed by atoms with Crippen molar-refractivity contribution in [2.75, 3.05) is 26.2 Å². The standard InChI is InChI=1S/C24H27FN4O3S/c25-22-6-2-1-5-20(22)17-33(31,32)28-12-7-18(8-13-28)19-9-14-29-23(15-19)21(16-26-29)24(30)27-10-3-4-11-27/h1-2,5-6,9,14-16,18H,3-4,7-8,10-13,17H2. The van der Waals surface area contributed by atoms with Gasteiger partial charge in [-0.1, -0.05) is 18.2 Å². The van der Waals surface area contributed by atoms with Crippen molar-refractivity contribution in [2.45, 2.75) is 37.4 Å². The molecule has 2 aromatic heterocycles. The lowest BCUT2D eigenvalue weighted by Crippen LogP contribution is -2.38. The van der Waals surface area contributed by atoms with Crippen LogP contribution in [0.25, 0.3) is 5.52 Å². The van der Waals surface area contributed by atoms with Crippen LogP contribution in [0.1, 0.15) is 53.1 Å². The smallest absolute Gasteiger partial charge is 0.257 e. The van der Waals surface area contributed by atoms with Crippen molar-refractivity contribution in [3.63, 3.8) is 0 Å². The second-order valence-electron chi connectivity index (χ2n) is 8.87. The molecule has 174 valence electrons. The number of piperidine rings is 1. The minimum absolute atomic E-state index is 0.0220. The molecule has 7 nitrogen and oxygen atoms in total. The molecule has 1 aromatic carbocycles. The number of nitrogens with zero attached hydrogens (tertiary/aromatic N) is 4. The first-order chi connectivity index (χ1) is 15.9. The van der Waals surface area contributed by atoms with Crippen molar-refractivity contribution in [1.82, 2.24) is 18.8 Å². The van der Waals surface area contributed by atoms with Gasteiger partial charge in [0.15, 0.2) is 0 Å². The van der Waals surface area contributed by atoms with Crippen LogP contribution in [0.5, 0.6) is 0 Å². The molecule has 0 radical (unpaired) electrons. The van der Waals surface area contributed by atoms with Crippen molar-refractivity contribution < 1.29 is 17.6 Å². The molecule has 33 heavy (non-hydrogen) atoms. The molecule has 0 atom stereocenters. The van der Waals surface area contributed by atoms with Crippen molar-refractivity contribution >= 4 is 21.4 Å². The minimum atomic E-state index is -3.59. The van der Waals surface area contributed by atoms with E-state index in [0.29, 0.717) is 31.5 Å². The number of carbonyl (C=O) groups excluding carboxylic acids is 1. The molecule has 2 saturated heterocycles. The maximum absolute atomic E-state index is 13.9. The molecule has 3 aromatic rings. The first-order valence-electron chi connectivity index (χ1n) is 11.4. The zero-order valence-electron chi connectivity index (χ0n) is 18.4. The van der Waals surface area contributed by atoms with Gasteiger partial charge in [0.1, 0.15) is 5.82 Å². The predicted molar refractivity (Wildman–Crippen MR) is 123 cm³/mol. The maximum Gasteiger partial charge on any atom is 0.257 e. The molecule has 0 spiro atoms. The van der Waals surface area contributed by atoms with Crippen LogP contribution in [-0.4, -0.2) is 59.3 Å². The summed E-state index contributed by atoms with van der Waals surface area (Å²) in [6.07, 6.45) is 6.93. The Kier molecular flexibility index (Phi) is 5.92. The van der Waals surface area contributed by atoms with Gasteiger partial charge in [-0.25, -0.2) is 21.6 Å². The molecule has 2 aliphatic rings. The van der Waals surface area contributed by atoms with Gasteiger partial charge in [-0.15, -0.1) is 0 Å². The molecule has 0 unspecified atom stereocenters. The van der Waals surface area contributed by atoms with Crippen LogP contribution in [0, 0.1) is 5.82 Å². The third-order valence-electron chi connectivity index (χ3n) is 6.78. The highest BCUT2D eigenvalue weighted by Crippen LogP contribution is 2.31. The first-order valence-corrected chi connectivity index (χ1v) is 13.0. The number of amides is 1. The normalized spacial score (nSPS) is 18.3. The van der Waals surface area contributed by atoms with Crippen LogP contribution >= 0.6 is 0 Å². The lowest BCUT2D eigenvalue weighted by atomic mass is 9.90. The molecule has 5 rings (SSSR count). The van der Waals surface area contributed by atoms with E-state index in [1.54, 1.807) is 22.8 Å². The SMILES string of the molecule is O=C(c1cnn2ccc(C3CCN(S(=O)(=O)Cc4ccccc4F)CC3)cc12)N1CCCC1. The molecule has 9 heteroatoms. The van der Waals surface area contributed by atoms with Crippen LogP contribution in [0.3, 0.4) is 0 Å². The first kappa shape index (κ1) is 22.0. The summed E-state index contributed by atoms with van der Waals surface area (Å²) in [4.78, 5) is 14.8. The van der Waals surface area contributed by atoms with Crippen molar-refractivity contribution in [1.29, 1.82) is 0 Å². The van der Waals surface area contributed by atoms with Gasteiger partial charge in [0.05, 0.1) is 23.0 Å². The number of pyridine rings is 1. The summed E-state index contributed by atoms with van der Waals surface area (Å²) in [5.74, 6) is -0.605. The van der Waals surface area contributed by atoms with Gasteiger partial charge in [-0.3, -0.25) is 4.79 Å². The van der Waals surface area contributed by atoms with E-state index in [9.17, 15) is 17.6 Å². The number of benzene rings is 1. The average Bonchev–Trinajstić information content (AvgIpc) is 3.50. The van der Waals surface area contributed by atoms with Gasteiger partial charge >= 0.3 is 0 Å². The number of sulfonamides is 1. The number of hydrogen-bond donors (Lipinski definition) is 0. The van der Waals surface area contributed by atoms with E-state index in [2.05, 4.69) is 5.10 Å². The highest BCUT2D eigenvalue weighted by Gasteiger charge is 2.30. The molecule has 0 aliphatic carbocycles. The molecule has 0 bridgehead atoms. The summed E-state index contributed by atoms with van der Waals surface area (Å²) in [7, 11) is -3.59. The van der Waals surface area contributed by atoms with Gasteiger partial charge < -0.3 is 4.90 Å². The number of carbonyl (C=O) groups is 1. The summed E-state index contributed by atoms with van der Waals surface area (Å²) < 4.78 is 42.8. The van der Waals surface area contributed by atoms with E-state index in [1.807, 2.05) is 23.2 Å². The highest BCUT2D eigenvalue weighted by molar-refractivity contribution is 7.88. The average molecular weight is 471 g/mol. The van der Waals surface area contributed by atoms with Crippen LogP contribution in [0.15, 0.2) is 48.8 Å². The Labute approximate surface area is 192 Å². The molecule has 1 amide bonds. The molecule has 2 fully saturated rings. The Hall–Kier alpha value is -2.78. The Bertz CT molecular complexity index is 1280. The van der Waals surface area contributed by atoms with Gasteiger partial charge in [0.25, 0.3) is 5.91 Å². The molecule has 0 N–H and O–H groups in total. The number of rotatable bonds is 5. The Morgan fingerprint density at radius 3 is 2.52 bits per heavy atom. The fourth-order valence-electron chi connectivity index (χ4n) is 4.88. The quantitative estimate of drug-likeness (QED) is 0.573. The largest absolute Gasteiger partial charge is 0.339 e. The van der Waals surface area contributed by atoms with Crippen LogP contribution in [0.4, 0.5) is 4.39 Å². The number of hydrogen-bond acceptors (Lipinski definition) is 4. The van der Waals surface area contributed by atoms with Crippen molar-refractivity contribution in [3.8, 4) is 0 Å². The summed E-state index contributed by atoms with van der Waals surface area (Å²) in [5.41, 5.74) is 2.69. The molecule has 2 aliphatic heterocycles. The molecule has 0 saturated carbocycles. The molecule has 4 heterocycles. The van der Waals surface area contributed by atoms with E-state index in [-0.39, 0.29) is 23.1 Å². The van der Waals surface area contributed by atoms with Gasteiger partial charge in [0.2, 0.25) is 10.0 Å². The second kappa shape index (κ2) is 8.87. The van der Waals surface area contributed by atoms with Gasteiger partial charge in [-0.05, 0) is 55.4 Å². The fraction of sp³-hybridized carbons (Fsp3) is 0.417. The van der Waals surface area contributed by atoms with Crippen LogP contribution < -0.4 is 0 Å². The number of likely N-dealkylation sites (tertiary alicyclic amines) is 1. The van der Waals surface area contributed by atoms with Crippen molar-refractivity contribution in [2.24, 2.45) is 0 Å². The van der Waals surface area contributed by atoms with Crippen LogP contribution in [-0.2, 0) is 15.8 Å². The predicted octanol–water partition coefficient (Wildman–Crippen LogP) is 3.42. The zero-order valence-corrected chi connectivity index (χ0v) is 19.2. The van der Waals surface area contributed by atoms with Crippen LogP contribution in [0.2, 0.25) is 0 Å². The third-order valence-corrected chi connectivity index (χ3v) is 8.61. The summed E-state index contributed by atoms with van der Waals surface area (Å²) >= 11 is 0. The second-order valence-corrected chi connectivity index (χ2v) is 10.8. The third kappa shape index (κ3) is 4.39. The maximum atomic E-state index is 13.9. The lowest BCUT2D eigenvalue weighted by Gasteiger charge is -2.31. The summed E-state index contributed by atoms with van der Waals surface area (Å²) in [6.45, 7) is 2.36. The summed E-state index contributed by atoms with van der Waals surface area (Å²) in [5, 5.41) is 4.34. The fourth-order valence-corrected chi connectivity index (χ4v) is 6.45. The Balaban J connectivity index is 1.29. The summed E-state index contributed by atoms with van der Waals surface area (Å²) in [6, 6.07) is 10.0. The Morgan fingerprint density at radius 2 is 1.79 bits per heavy atom. The topological polar surface area (TPSA) is 75.0 Å². The van der Waals surface area contributed by atoms with E-state index < -0.39 is 15.8 Å². The van der Waals surface area contributed by atoms with E-state index in [4.69, 9.17) is 0 Å². The van der Waals surface area contributed by atoms with E-state index >= 15 is 0 Å². The highest BCUT2D eigenvalue weighted by atomic mass is 32.2. The van der Waals surface area contributed by atoms with Gasteiger partial charge in [0, 0.05) is 37.9 Å². The van der Waals surface area contributed by atoms with Gasteiger partial charge in [-0.2, -0.15) is 5.10 Å². The monoisotopic (exact) mass is 470 g/mol. The Morgan fingerprint density at radius 1 is 1.06 bits per heavy atom. The number of halogens is 1. The van der Waals surface area contributed by atoms with E-state index in [0.717, 1.165) is 37.0 Å². The van der Waals surface area contributed by atoms with E-state index in [1.165, 1.54) is 16.4 Å². The zero-order chi connectivity index (χ0) is 23.0. The minimum Gasteiger partial charge on any atom is -0.339 e.